The summed E-state index contributed by atoms with van der Waals surface area (Å²) in [5.41, 5.74) is 8.27. The molecular formula is C13H18N2O2. The summed E-state index contributed by atoms with van der Waals surface area (Å²) in [7, 11) is 0. The second-order valence-electron chi connectivity index (χ2n) is 4.45. The molecule has 17 heavy (non-hydrogen) atoms. The van der Waals surface area contributed by atoms with Crippen LogP contribution in [-0.4, -0.2) is 19.1 Å². The first-order valence-corrected chi connectivity index (χ1v) is 5.91. The lowest BCUT2D eigenvalue weighted by Gasteiger charge is -2.21. The molecule has 0 aliphatic carbocycles. The topological polar surface area (TPSA) is 64.3 Å². The van der Waals surface area contributed by atoms with Gasteiger partial charge in [-0.05, 0) is 43.5 Å². The minimum absolute atomic E-state index is 0.0709. The van der Waals surface area contributed by atoms with Gasteiger partial charge in [0.2, 0.25) is 5.91 Å². The van der Waals surface area contributed by atoms with E-state index in [1.165, 1.54) is 0 Å². The number of rotatable bonds is 2. The average molecular weight is 234 g/mol. The third-order valence-electron chi connectivity index (χ3n) is 3.13. The minimum Gasteiger partial charge on any atom is -0.399 e. The van der Waals surface area contributed by atoms with Crippen LogP contribution in [-0.2, 0) is 9.53 Å². The number of nitrogen functional groups attached to an aromatic ring is 1. The molecule has 0 spiro atoms. The highest BCUT2D eigenvalue weighted by Gasteiger charge is 2.21. The summed E-state index contributed by atoms with van der Waals surface area (Å²) in [6.45, 7) is 3.29. The maximum Gasteiger partial charge on any atom is 0.227 e. The van der Waals surface area contributed by atoms with E-state index in [4.69, 9.17) is 10.5 Å². The Kier molecular flexibility index (Phi) is 3.64. The molecule has 0 bridgehead atoms. The summed E-state index contributed by atoms with van der Waals surface area (Å²) in [6.07, 6.45) is 1.61. The number of amides is 1. The first-order valence-electron chi connectivity index (χ1n) is 5.91. The highest BCUT2D eigenvalue weighted by Crippen LogP contribution is 2.20. The molecule has 0 saturated carbocycles. The molecule has 3 N–H and O–H groups in total. The van der Waals surface area contributed by atoms with Crippen LogP contribution in [0.15, 0.2) is 18.2 Å². The van der Waals surface area contributed by atoms with E-state index in [1.54, 1.807) is 0 Å². The van der Waals surface area contributed by atoms with Crippen LogP contribution in [0, 0.1) is 12.8 Å². The minimum atomic E-state index is 0.0709. The molecule has 1 heterocycles. The van der Waals surface area contributed by atoms with Gasteiger partial charge in [0.15, 0.2) is 0 Å². The van der Waals surface area contributed by atoms with Crippen molar-refractivity contribution in [3.63, 3.8) is 0 Å². The molecule has 0 unspecified atom stereocenters. The molecule has 1 aliphatic rings. The van der Waals surface area contributed by atoms with Crippen LogP contribution < -0.4 is 11.1 Å². The molecule has 1 fully saturated rings. The average Bonchev–Trinajstić information content (AvgIpc) is 2.35. The van der Waals surface area contributed by atoms with Crippen LogP contribution in [0.3, 0.4) is 0 Å². The Morgan fingerprint density at radius 1 is 1.41 bits per heavy atom. The van der Waals surface area contributed by atoms with Gasteiger partial charge in [-0.15, -0.1) is 0 Å². The van der Waals surface area contributed by atoms with Gasteiger partial charge >= 0.3 is 0 Å². The van der Waals surface area contributed by atoms with Gasteiger partial charge in [-0.3, -0.25) is 4.79 Å². The molecule has 4 heteroatoms. The number of nitrogens with two attached hydrogens (primary N) is 1. The Morgan fingerprint density at radius 3 is 2.76 bits per heavy atom. The van der Waals surface area contributed by atoms with E-state index >= 15 is 0 Å². The maximum atomic E-state index is 12.0. The third-order valence-corrected chi connectivity index (χ3v) is 3.13. The van der Waals surface area contributed by atoms with Gasteiger partial charge in [-0.25, -0.2) is 0 Å². The predicted molar refractivity (Wildman–Crippen MR) is 67.8 cm³/mol. The second-order valence-corrected chi connectivity index (χ2v) is 4.45. The smallest absolute Gasteiger partial charge is 0.227 e. The molecule has 4 nitrogen and oxygen atoms in total. The standard InChI is InChI=1S/C13H18N2O2/c1-9-8-11(2-3-12(9)14)15-13(16)10-4-6-17-7-5-10/h2-3,8,10H,4-7,14H2,1H3,(H,15,16). The van der Waals surface area contributed by atoms with Crippen molar-refractivity contribution < 1.29 is 9.53 Å². The van der Waals surface area contributed by atoms with Gasteiger partial charge in [0, 0.05) is 30.5 Å². The molecule has 2 rings (SSSR count). The number of anilines is 2. The zero-order valence-electron chi connectivity index (χ0n) is 10.0. The van der Waals surface area contributed by atoms with Crippen molar-refractivity contribution in [1.82, 2.24) is 0 Å². The Balaban J connectivity index is 1.99. The predicted octanol–water partition coefficient (Wildman–Crippen LogP) is 1.94. The number of hydrogen-bond donors (Lipinski definition) is 2. The highest BCUT2D eigenvalue weighted by molar-refractivity contribution is 5.92. The van der Waals surface area contributed by atoms with E-state index < -0.39 is 0 Å². The van der Waals surface area contributed by atoms with Crippen molar-refractivity contribution in [3.8, 4) is 0 Å². The van der Waals surface area contributed by atoms with Crippen LogP contribution >= 0.6 is 0 Å². The second kappa shape index (κ2) is 5.19. The van der Waals surface area contributed by atoms with E-state index in [9.17, 15) is 4.79 Å². The molecule has 1 amide bonds. The van der Waals surface area contributed by atoms with Crippen molar-refractivity contribution in [2.45, 2.75) is 19.8 Å². The molecule has 92 valence electrons. The van der Waals surface area contributed by atoms with Crippen LogP contribution in [0.2, 0.25) is 0 Å². The molecule has 1 aromatic rings. The molecular weight excluding hydrogens is 216 g/mol. The van der Waals surface area contributed by atoms with Crippen molar-refractivity contribution in [2.75, 3.05) is 24.3 Å². The number of aryl methyl sites for hydroxylation is 1. The van der Waals surface area contributed by atoms with Gasteiger partial charge in [0.05, 0.1) is 0 Å². The van der Waals surface area contributed by atoms with Crippen LogP contribution in [0.5, 0.6) is 0 Å². The quantitative estimate of drug-likeness (QED) is 0.769. The van der Waals surface area contributed by atoms with E-state index in [-0.39, 0.29) is 11.8 Å². The number of carbonyl (C=O) groups excluding carboxylic acids is 1. The fraction of sp³-hybridized carbons (Fsp3) is 0.462. The molecule has 1 aromatic carbocycles. The fourth-order valence-electron chi connectivity index (χ4n) is 1.96. The molecule has 0 aromatic heterocycles. The SMILES string of the molecule is Cc1cc(NC(=O)C2CCOCC2)ccc1N. The summed E-state index contributed by atoms with van der Waals surface area (Å²) >= 11 is 0. The summed E-state index contributed by atoms with van der Waals surface area (Å²) in [6, 6.07) is 5.54. The number of ether oxygens (including phenoxy) is 1. The van der Waals surface area contributed by atoms with E-state index in [0.29, 0.717) is 13.2 Å². The highest BCUT2D eigenvalue weighted by atomic mass is 16.5. The monoisotopic (exact) mass is 234 g/mol. The summed E-state index contributed by atoms with van der Waals surface area (Å²) in [5, 5.41) is 2.93. The first-order chi connectivity index (χ1) is 8.16. The van der Waals surface area contributed by atoms with Gasteiger partial charge in [-0.2, -0.15) is 0 Å². The summed E-state index contributed by atoms with van der Waals surface area (Å²) in [5.74, 6) is 0.152. The van der Waals surface area contributed by atoms with Crippen LogP contribution in [0.25, 0.3) is 0 Å². The van der Waals surface area contributed by atoms with Crippen LogP contribution in [0.4, 0.5) is 11.4 Å². The van der Waals surface area contributed by atoms with Crippen molar-refractivity contribution in [2.24, 2.45) is 5.92 Å². The Hall–Kier alpha value is -1.55. The van der Waals surface area contributed by atoms with E-state index in [2.05, 4.69) is 5.32 Å². The third kappa shape index (κ3) is 2.97. The Morgan fingerprint density at radius 2 is 2.12 bits per heavy atom. The number of hydrogen-bond acceptors (Lipinski definition) is 3. The lowest BCUT2D eigenvalue weighted by atomic mass is 9.99. The van der Waals surface area contributed by atoms with E-state index in [0.717, 1.165) is 29.8 Å². The normalized spacial score (nSPS) is 16.8. The Bertz CT molecular complexity index is 412. The van der Waals surface area contributed by atoms with E-state index in [1.807, 2.05) is 25.1 Å². The lowest BCUT2D eigenvalue weighted by molar-refractivity contribution is -0.122. The largest absolute Gasteiger partial charge is 0.399 e. The fourth-order valence-corrected chi connectivity index (χ4v) is 1.96. The van der Waals surface area contributed by atoms with Gasteiger partial charge < -0.3 is 15.8 Å². The van der Waals surface area contributed by atoms with Gasteiger partial charge in [-0.1, -0.05) is 0 Å². The summed E-state index contributed by atoms with van der Waals surface area (Å²) < 4.78 is 5.24. The molecule has 1 saturated heterocycles. The van der Waals surface area contributed by atoms with Gasteiger partial charge in [0.25, 0.3) is 0 Å². The van der Waals surface area contributed by atoms with Crippen molar-refractivity contribution in [3.05, 3.63) is 23.8 Å². The lowest BCUT2D eigenvalue weighted by Crippen LogP contribution is -2.28. The maximum absolute atomic E-state index is 12.0. The number of nitrogens with one attached hydrogen (secondary N) is 1. The molecule has 0 atom stereocenters. The zero-order chi connectivity index (χ0) is 12.3. The zero-order valence-corrected chi connectivity index (χ0v) is 10.0. The Labute approximate surface area is 101 Å². The first kappa shape index (κ1) is 11.9. The number of carbonyl (C=O) groups is 1. The molecule has 0 radical (unpaired) electrons. The van der Waals surface area contributed by atoms with Crippen molar-refractivity contribution in [1.29, 1.82) is 0 Å². The number of benzene rings is 1. The summed E-state index contributed by atoms with van der Waals surface area (Å²) in [4.78, 5) is 12.0. The van der Waals surface area contributed by atoms with Gasteiger partial charge in [0.1, 0.15) is 0 Å². The van der Waals surface area contributed by atoms with Crippen molar-refractivity contribution >= 4 is 17.3 Å². The van der Waals surface area contributed by atoms with Crippen LogP contribution in [0.1, 0.15) is 18.4 Å². The molecule has 1 aliphatic heterocycles.